The lowest BCUT2D eigenvalue weighted by molar-refractivity contribution is -0.118. The highest BCUT2D eigenvalue weighted by molar-refractivity contribution is 7.99. The molecule has 1 aliphatic rings. The number of amides is 1. The number of unbranched alkanes of at least 4 members (excludes halogenated alkanes) is 3. The smallest absolute Gasteiger partial charge is 0.247 e. The lowest BCUT2D eigenvalue weighted by Gasteiger charge is -2.30. The van der Waals surface area contributed by atoms with Gasteiger partial charge in [0.15, 0.2) is 5.69 Å². The third-order valence-electron chi connectivity index (χ3n) is 5.75. The van der Waals surface area contributed by atoms with Crippen LogP contribution in [0.1, 0.15) is 63.8 Å². The second kappa shape index (κ2) is 10.8. The number of fused-ring (bicyclic) bond motifs is 3. The molecule has 0 bridgehead atoms. The molecule has 0 radical (unpaired) electrons. The number of nitrogens with zero attached hydrogens (tertiary/aromatic N) is 4. The third kappa shape index (κ3) is 5.19. The van der Waals surface area contributed by atoms with Crippen molar-refractivity contribution < 1.29 is 9.53 Å². The number of hydrogen-bond donors (Lipinski definition) is 0. The Bertz CT molecular complexity index is 1100. The molecule has 1 atom stereocenters. The van der Waals surface area contributed by atoms with Gasteiger partial charge in [0.2, 0.25) is 23.2 Å². The van der Waals surface area contributed by atoms with Crippen LogP contribution >= 0.6 is 11.8 Å². The average Bonchev–Trinajstić information content (AvgIpc) is 2.98. The van der Waals surface area contributed by atoms with Crippen LogP contribution in [-0.2, 0) is 11.2 Å². The van der Waals surface area contributed by atoms with Gasteiger partial charge >= 0.3 is 0 Å². The minimum atomic E-state index is -0.644. The Morgan fingerprint density at radius 1 is 1.03 bits per heavy atom. The summed E-state index contributed by atoms with van der Waals surface area (Å²) in [5.41, 5.74) is 4.20. The normalized spacial score (nSPS) is 14.8. The number of carbonyl (C=O) groups excluding carboxylic acids is 1. The van der Waals surface area contributed by atoms with E-state index in [0.717, 1.165) is 35.4 Å². The molecule has 7 heteroatoms. The van der Waals surface area contributed by atoms with Crippen LogP contribution < -0.4 is 9.64 Å². The van der Waals surface area contributed by atoms with Crippen molar-refractivity contribution in [2.45, 2.75) is 64.3 Å². The highest BCUT2D eigenvalue weighted by Gasteiger charge is 2.34. The molecular formula is C26H30N4O2S. The molecule has 0 saturated carbocycles. The van der Waals surface area contributed by atoms with E-state index in [1.54, 1.807) is 23.6 Å². The van der Waals surface area contributed by atoms with Crippen molar-refractivity contribution >= 4 is 23.4 Å². The maximum atomic E-state index is 12.9. The number of para-hydroxylation sites is 1. The summed E-state index contributed by atoms with van der Waals surface area (Å²) in [5, 5.41) is 9.44. The molecule has 2 heterocycles. The molecule has 1 aliphatic heterocycles. The Balaban J connectivity index is 1.73. The minimum absolute atomic E-state index is 0.113. The van der Waals surface area contributed by atoms with Gasteiger partial charge in [-0.3, -0.25) is 9.69 Å². The van der Waals surface area contributed by atoms with E-state index in [4.69, 9.17) is 9.72 Å². The van der Waals surface area contributed by atoms with Crippen LogP contribution in [0, 0.1) is 0 Å². The molecule has 0 spiro atoms. The Kier molecular flexibility index (Phi) is 7.60. The van der Waals surface area contributed by atoms with E-state index >= 15 is 0 Å². The predicted molar refractivity (Wildman–Crippen MR) is 132 cm³/mol. The molecule has 0 aliphatic carbocycles. The third-order valence-corrected chi connectivity index (χ3v) is 6.68. The molecular weight excluding hydrogens is 432 g/mol. The zero-order chi connectivity index (χ0) is 23.2. The summed E-state index contributed by atoms with van der Waals surface area (Å²) in [7, 11) is 0. The van der Waals surface area contributed by atoms with Crippen molar-refractivity contribution in [1.82, 2.24) is 15.2 Å². The van der Waals surface area contributed by atoms with Gasteiger partial charge in [-0.2, -0.15) is 4.98 Å². The van der Waals surface area contributed by atoms with E-state index in [1.165, 1.54) is 24.8 Å². The van der Waals surface area contributed by atoms with Gasteiger partial charge in [-0.25, -0.2) is 0 Å². The molecule has 6 nitrogen and oxygen atoms in total. The first kappa shape index (κ1) is 23.2. The molecule has 0 saturated heterocycles. The summed E-state index contributed by atoms with van der Waals surface area (Å²) in [6, 6.07) is 15.9. The number of carbonyl (C=O) groups is 1. The van der Waals surface area contributed by atoms with Crippen LogP contribution in [-0.4, -0.2) is 26.8 Å². The van der Waals surface area contributed by atoms with Gasteiger partial charge < -0.3 is 4.74 Å². The Labute approximate surface area is 199 Å². The van der Waals surface area contributed by atoms with Crippen molar-refractivity contribution in [3.05, 3.63) is 59.7 Å². The molecule has 0 fully saturated rings. The fourth-order valence-electron chi connectivity index (χ4n) is 3.94. The number of aromatic nitrogens is 3. The monoisotopic (exact) mass is 462 g/mol. The van der Waals surface area contributed by atoms with Crippen molar-refractivity contribution in [1.29, 1.82) is 0 Å². The van der Waals surface area contributed by atoms with E-state index in [0.29, 0.717) is 16.7 Å². The number of hydrogen-bond acceptors (Lipinski definition) is 6. The second-order valence-corrected chi connectivity index (χ2v) is 9.19. The Hall–Kier alpha value is -2.93. The van der Waals surface area contributed by atoms with Gasteiger partial charge in [0.1, 0.15) is 0 Å². The number of ether oxygens (including phenoxy) is 1. The quantitative estimate of drug-likeness (QED) is 0.292. The van der Waals surface area contributed by atoms with Crippen LogP contribution in [0.25, 0.3) is 11.3 Å². The molecule has 0 N–H and O–H groups in total. The van der Waals surface area contributed by atoms with E-state index in [-0.39, 0.29) is 5.91 Å². The SMILES string of the molecule is CCCCCCSc1nnc2c(n1)O[C@H](c1ccc(CC)cc1)N(C(C)=O)c1ccccc1-2. The molecule has 1 aromatic heterocycles. The van der Waals surface area contributed by atoms with E-state index in [2.05, 4.69) is 36.2 Å². The number of thioether (sulfide) groups is 1. The van der Waals surface area contributed by atoms with Crippen LogP contribution in [0.15, 0.2) is 53.7 Å². The predicted octanol–water partition coefficient (Wildman–Crippen LogP) is 6.22. The lowest BCUT2D eigenvalue weighted by Crippen LogP contribution is -2.36. The molecule has 33 heavy (non-hydrogen) atoms. The van der Waals surface area contributed by atoms with Crippen molar-refractivity contribution in [2.24, 2.45) is 0 Å². The zero-order valence-corrected chi connectivity index (χ0v) is 20.3. The highest BCUT2D eigenvalue weighted by atomic mass is 32.2. The largest absolute Gasteiger partial charge is 0.447 e. The van der Waals surface area contributed by atoms with Crippen molar-refractivity contribution in [2.75, 3.05) is 10.7 Å². The van der Waals surface area contributed by atoms with Crippen LogP contribution in [0.2, 0.25) is 0 Å². The van der Waals surface area contributed by atoms with Gasteiger partial charge in [-0.15, -0.1) is 10.2 Å². The number of benzene rings is 2. The van der Waals surface area contributed by atoms with Crippen molar-refractivity contribution in [3.8, 4) is 17.1 Å². The number of rotatable bonds is 8. The second-order valence-electron chi connectivity index (χ2n) is 8.13. The topological polar surface area (TPSA) is 68.2 Å². The van der Waals surface area contributed by atoms with Gasteiger partial charge in [0.25, 0.3) is 0 Å². The summed E-state index contributed by atoms with van der Waals surface area (Å²) in [4.78, 5) is 19.3. The first-order chi connectivity index (χ1) is 16.1. The zero-order valence-electron chi connectivity index (χ0n) is 19.5. The average molecular weight is 463 g/mol. The van der Waals surface area contributed by atoms with E-state index in [9.17, 15) is 4.79 Å². The molecule has 4 rings (SSSR count). The maximum Gasteiger partial charge on any atom is 0.247 e. The van der Waals surface area contributed by atoms with Gasteiger partial charge in [-0.1, -0.05) is 87.3 Å². The molecule has 172 valence electrons. The standard InChI is InChI=1S/C26H30N4O2S/c1-4-6-7-10-17-33-26-27-24-23(28-29-26)21-11-8-9-12-22(21)30(18(3)31)25(32-24)20-15-13-19(5-2)14-16-20/h8-9,11-16,25H,4-7,10,17H2,1-3H3/t25-/m1/s1. The fraction of sp³-hybridized carbons (Fsp3) is 0.385. The Morgan fingerprint density at radius 2 is 1.82 bits per heavy atom. The van der Waals surface area contributed by atoms with Gasteiger partial charge in [0.05, 0.1) is 5.69 Å². The lowest BCUT2D eigenvalue weighted by atomic mass is 10.1. The summed E-state index contributed by atoms with van der Waals surface area (Å²) in [6.45, 7) is 5.88. The summed E-state index contributed by atoms with van der Waals surface area (Å²) in [6.07, 6.45) is 5.08. The number of anilines is 1. The minimum Gasteiger partial charge on any atom is -0.447 e. The van der Waals surface area contributed by atoms with E-state index in [1.807, 2.05) is 36.4 Å². The van der Waals surface area contributed by atoms with E-state index < -0.39 is 6.23 Å². The Morgan fingerprint density at radius 3 is 2.55 bits per heavy atom. The van der Waals surface area contributed by atoms with Crippen molar-refractivity contribution in [3.63, 3.8) is 0 Å². The summed E-state index contributed by atoms with van der Waals surface area (Å²) in [5.74, 6) is 1.23. The molecule has 0 unspecified atom stereocenters. The van der Waals surface area contributed by atoms with Gasteiger partial charge in [-0.05, 0) is 24.5 Å². The molecule has 1 amide bonds. The highest BCUT2D eigenvalue weighted by Crippen LogP contribution is 2.43. The maximum absolute atomic E-state index is 12.9. The number of aryl methyl sites for hydroxylation is 1. The first-order valence-electron chi connectivity index (χ1n) is 11.6. The fourth-order valence-corrected chi connectivity index (χ4v) is 4.72. The van der Waals surface area contributed by atoms with Crippen LogP contribution in [0.3, 0.4) is 0 Å². The van der Waals surface area contributed by atoms with Crippen LogP contribution in [0.4, 0.5) is 5.69 Å². The molecule has 3 aromatic rings. The molecule has 2 aromatic carbocycles. The summed E-state index contributed by atoms with van der Waals surface area (Å²) < 4.78 is 6.44. The summed E-state index contributed by atoms with van der Waals surface area (Å²) >= 11 is 1.60. The van der Waals surface area contributed by atoms with Crippen LogP contribution in [0.5, 0.6) is 5.88 Å². The van der Waals surface area contributed by atoms with Gasteiger partial charge in [0, 0.05) is 23.8 Å². The first-order valence-corrected chi connectivity index (χ1v) is 12.6.